The van der Waals surface area contributed by atoms with E-state index in [0.29, 0.717) is 77.0 Å². The van der Waals surface area contributed by atoms with Crippen LogP contribution in [0.1, 0.15) is 391 Å². The number of carbonyl (C=O) groups is 1. The Balaban J connectivity index is 0.000000788. The number of amides is 1. The van der Waals surface area contributed by atoms with Crippen molar-refractivity contribution in [1.29, 1.82) is 0 Å². The van der Waals surface area contributed by atoms with Crippen LogP contribution in [-0.2, 0) is 44.9 Å². The molecule has 0 saturated carbocycles. The summed E-state index contributed by atoms with van der Waals surface area (Å²) in [6.07, 6.45) is 14.8. The van der Waals surface area contributed by atoms with Gasteiger partial charge in [-0.25, -0.2) is 13.2 Å². The van der Waals surface area contributed by atoms with Crippen LogP contribution in [0.2, 0.25) is 10.0 Å². The van der Waals surface area contributed by atoms with Gasteiger partial charge in [0.2, 0.25) is 0 Å². The molecule has 0 spiro atoms. The number of benzene rings is 7. The first-order chi connectivity index (χ1) is 61.0. The summed E-state index contributed by atoms with van der Waals surface area (Å²) in [5.41, 5.74) is 12.8. The van der Waals surface area contributed by atoms with E-state index < -0.39 is 0 Å². The van der Waals surface area contributed by atoms with Crippen molar-refractivity contribution >= 4 is 29.1 Å². The zero-order valence-corrected chi connectivity index (χ0v) is 95.5. The summed E-state index contributed by atoms with van der Waals surface area (Å²) in [7, 11) is 1.89. The van der Waals surface area contributed by atoms with Crippen LogP contribution in [-0.4, -0.2) is 64.0 Å². The Labute approximate surface area is 837 Å². The zero-order valence-electron chi connectivity index (χ0n) is 94.0. The molecule has 0 bridgehead atoms. The Morgan fingerprint density at radius 2 is 0.504 bits per heavy atom. The molecule has 8 nitrogen and oxygen atoms in total. The van der Waals surface area contributed by atoms with Crippen LogP contribution in [0.15, 0.2) is 140 Å². The normalized spacial score (nSPS) is 12.5. The monoisotopic (exact) mass is 1910 g/mol. The number of carbonyl (C=O) groups excluding carboxylic acids is 1. The molecule has 0 aromatic heterocycles. The highest BCUT2D eigenvalue weighted by atomic mass is 35.5. The fourth-order valence-electron chi connectivity index (χ4n) is 13.6. The summed E-state index contributed by atoms with van der Waals surface area (Å²) in [4.78, 5) is 14.2. The molecular weight excluding hydrogens is 1720 g/mol. The fraction of sp³-hybridized carbons (Fsp3) is 0.648. The summed E-state index contributed by atoms with van der Waals surface area (Å²) >= 11 is 12.5. The second-order valence-corrected chi connectivity index (χ2v) is 55.5. The van der Waals surface area contributed by atoms with Crippen molar-refractivity contribution in [1.82, 2.24) is 4.90 Å². The maximum absolute atomic E-state index is 14.0. The Morgan fingerprint density at radius 1 is 0.244 bits per heavy atom. The third kappa shape index (κ3) is 68.8. The second kappa shape index (κ2) is 55.4. The van der Waals surface area contributed by atoms with Crippen molar-refractivity contribution in [3.8, 4) is 34.5 Å². The average Bonchev–Trinajstić information content (AvgIpc) is 0.860. The Bertz CT molecular complexity index is 4340. The molecule has 0 unspecified atom stereocenters. The van der Waals surface area contributed by atoms with E-state index >= 15 is 0 Å². The fourth-order valence-corrected chi connectivity index (χ4v) is 14.0. The molecule has 0 atom stereocenters. The summed E-state index contributed by atoms with van der Waals surface area (Å²) < 4.78 is 75.6. The molecule has 0 saturated heterocycles. The molecule has 0 radical (unpaired) electrons. The summed E-state index contributed by atoms with van der Waals surface area (Å²) in [6.45, 7) is 97.2. The van der Waals surface area contributed by atoms with Gasteiger partial charge in [0.25, 0.3) is 5.91 Å². The van der Waals surface area contributed by atoms with Gasteiger partial charge < -0.3 is 33.3 Å². The van der Waals surface area contributed by atoms with E-state index in [-0.39, 0.29) is 77.5 Å². The first kappa shape index (κ1) is 126. The number of nitrogens with zero attached hydrogens (tertiary/aromatic N) is 1. The van der Waals surface area contributed by atoms with E-state index in [4.69, 9.17) is 51.6 Å². The molecule has 766 valence electrons. The van der Waals surface area contributed by atoms with Gasteiger partial charge in [-0.1, -0.05) is 369 Å². The van der Waals surface area contributed by atoms with Gasteiger partial charge in [-0.05, 0) is 296 Å². The first-order valence-electron chi connectivity index (χ1n) is 50.1. The molecule has 7 aromatic rings. The third-order valence-corrected chi connectivity index (χ3v) is 21.3. The molecule has 7 rings (SSSR count). The van der Waals surface area contributed by atoms with E-state index in [1.165, 1.54) is 28.3 Å². The first-order valence-corrected chi connectivity index (χ1v) is 50.9. The van der Waals surface area contributed by atoms with Crippen molar-refractivity contribution in [2.24, 2.45) is 75.8 Å². The van der Waals surface area contributed by atoms with E-state index in [1.807, 2.05) is 66.5 Å². The number of hydrogen-bond donors (Lipinski definition) is 0. The summed E-state index contributed by atoms with van der Waals surface area (Å²) in [5.74, 6) is 3.05. The lowest BCUT2D eigenvalue weighted by molar-refractivity contribution is 0.0780. The largest absolute Gasteiger partial charge is 0.494 e. The number of halogens is 5. The summed E-state index contributed by atoms with van der Waals surface area (Å²) in [6, 6.07) is 44.7. The Hall–Kier alpha value is -6.82. The molecule has 13 heteroatoms. The van der Waals surface area contributed by atoms with E-state index in [2.05, 4.69) is 345 Å². The number of ether oxygens (including phenoxy) is 6. The average molecular weight is 1920 g/mol. The molecule has 0 aliphatic heterocycles. The van der Waals surface area contributed by atoms with Crippen LogP contribution in [0.3, 0.4) is 0 Å². The smallest absolute Gasteiger partial charge is 0.253 e. The van der Waals surface area contributed by atoms with Crippen molar-refractivity contribution in [2.75, 3.05) is 53.2 Å². The van der Waals surface area contributed by atoms with Gasteiger partial charge >= 0.3 is 0 Å². The molecule has 1 amide bonds. The van der Waals surface area contributed by atoms with Gasteiger partial charge in [0.1, 0.15) is 17.2 Å². The Morgan fingerprint density at radius 3 is 0.837 bits per heavy atom. The second-order valence-electron chi connectivity index (χ2n) is 54.7. The van der Waals surface area contributed by atoms with Gasteiger partial charge in [0.05, 0.1) is 49.7 Å². The van der Waals surface area contributed by atoms with Crippen molar-refractivity contribution in [2.45, 2.75) is 387 Å². The van der Waals surface area contributed by atoms with Crippen LogP contribution in [0.5, 0.6) is 34.5 Å². The van der Waals surface area contributed by atoms with Gasteiger partial charge in [0.15, 0.2) is 34.7 Å². The molecule has 135 heavy (non-hydrogen) atoms. The zero-order chi connectivity index (χ0) is 104. The molecule has 0 N–H and O–H groups in total. The molecular formula is C122H196Cl2F3NO7. The van der Waals surface area contributed by atoms with Crippen LogP contribution in [0.4, 0.5) is 13.2 Å². The maximum Gasteiger partial charge on any atom is 0.253 e. The van der Waals surface area contributed by atoms with Crippen LogP contribution in [0, 0.1) is 93.3 Å². The standard InChI is InChI=1S/C19H31NO.C18H29FO.2C17H27ClO.2C17H27FO.C17H28O/c1-18(2,3)12-13-20(7)17(21)16-10-8-15(9-11-16)14-19(4,5)6;1-17(2,3)10-7-11-20-16-9-8-14(12-15(16)19)13-18(4,5)6;1-16(2,3)9-10-19-15-8-7-13(11-14(15)18)12-17(4,5)6;1-16(2,3)9-10-19-15-11-13(7-8-14(15)18)12-17(4,5)6;1-16(2,3)9-10-19-15-8-7-13(11-14(15)18)12-17(4,5)6;1-16(2,3)9-10-19-15-11-13(7-8-14(15)18)12-17(4,5)6;1-16(2,3)11-12-18-15-9-7-14(8-10-15)13-17(4,5)6/h8-11H,12-14H2,1-7H3;8-9,12H,7,10-11,13H2,1-6H3;4*7-8,11H,9-10,12H2,1-6H3;7-10H,11-13H2,1-6H3. The summed E-state index contributed by atoms with van der Waals surface area (Å²) in [5, 5.41) is 1.42. The highest BCUT2D eigenvalue weighted by Gasteiger charge is 2.24. The molecule has 0 aliphatic carbocycles. The molecule has 0 aliphatic rings. The minimum absolute atomic E-state index is 0.113. The SMILES string of the molecule is CC(C)(C)CCCOc1ccc(CC(C)(C)C)cc1F.CC(C)(C)CCOc1cc(CC(C)(C)C)ccc1Cl.CC(C)(C)CCOc1cc(CC(C)(C)C)ccc1F.CC(C)(C)CCOc1ccc(CC(C)(C)C)cc1.CC(C)(C)CCOc1ccc(CC(C)(C)C)cc1Cl.CC(C)(C)CCOc1ccc(CC(C)(C)C)cc1F.CN(CCC(C)(C)C)C(=O)c1ccc(CC(C)(C)C)cc1. The number of hydrogen-bond acceptors (Lipinski definition) is 7. The third-order valence-electron chi connectivity index (χ3n) is 20.7. The van der Waals surface area contributed by atoms with Crippen molar-refractivity contribution in [3.63, 3.8) is 0 Å². The van der Waals surface area contributed by atoms with Crippen molar-refractivity contribution < 1.29 is 46.4 Å². The molecule has 0 fully saturated rings. The molecule has 7 aromatic carbocycles. The lowest BCUT2D eigenvalue weighted by Gasteiger charge is -2.24. The molecule has 0 heterocycles. The van der Waals surface area contributed by atoms with Crippen LogP contribution in [0.25, 0.3) is 0 Å². The highest BCUT2D eigenvalue weighted by molar-refractivity contribution is 6.32. The van der Waals surface area contributed by atoms with Crippen LogP contribution >= 0.6 is 23.2 Å². The van der Waals surface area contributed by atoms with Gasteiger partial charge in [-0.15, -0.1) is 0 Å². The van der Waals surface area contributed by atoms with Crippen LogP contribution < -0.4 is 28.4 Å². The van der Waals surface area contributed by atoms with E-state index in [0.717, 1.165) is 154 Å². The quantitative estimate of drug-likeness (QED) is 0.0433. The van der Waals surface area contributed by atoms with E-state index in [1.54, 1.807) is 24.3 Å². The number of rotatable bonds is 29. The maximum atomic E-state index is 14.0. The van der Waals surface area contributed by atoms with Gasteiger partial charge in [0, 0.05) is 19.2 Å². The van der Waals surface area contributed by atoms with Gasteiger partial charge in [-0.3, -0.25) is 4.79 Å². The predicted molar refractivity (Wildman–Crippen MR) is 580 cm³/mol. The highest BCUT2D eigenvalue weighted by Crippen LogP contribution is 2.37. The lowest BCUT2D eigenvalue weighted by atomic mass is 9.88. The Kier molecular flexibility index (Phi) is 51.8. The topological polar surface area (TPSA) is 75.7 Å². The van der Waals surface area contributed by atoms with Crippen molar-refractivity contribution in [3.05, 3.63) is 212 Å². The predicted octanol–water partition coefficient (Wildman–Crippen LogP) is 37.4. The van der Waals surface area contributed by atoms with E-state index in [9.17, 15) is 18.0 Å². The minimum Gasteiger partial charge on any atom is -0.494 e. The lowest BCUT2D eigenvalue weighted by Crippen LogP contribution is -2.30. The van der Waals surface area contributed by atoms with Gasteiger partial charge in [-0.2, -0.15) is 0 Å². The minimum atomic E-state index is -0.272.